The molecule has 1 aromatic rings. The quantitative estimate of drug-likeness (QED) is 0.540. The number of Topliss-reactive ketones (excluding diaryl/α,β-unsaturated/α-hetero) is 1. The van der Waals surface area contributed by atoms with Crippen molar-refractivity contribution in [3.05, 3.63) is 35.9 Å². The second-order valence-electron chi connectivity index (χ2n) is 4.00. The number of ketones is 1. The molecule has 14 heavy (non-hydrogen) atoms. The fourth-order valence-corrected chi connectivity index (χ4v) is 1.61. The molecule has 0 bridgehead atoms. The first kappa shape index (κ1) is 9.41. The zero-order chi connectivity index (χ0) is 10.1. The van der Waals surface area contributed by atoms with Crippen molar-refractivity contribution >= 4 is 5.78 Å². The minimum atomic E-state index is -0.197. The normalized spacial score (nSPS) is 25.1. The van der Waals surface area contributed by atoms with Crippen molar-refractivity contribution in [3.63, 3.8) is 0 Å². The monoisotopic (exact) mass is 190 g/mol. The maximum atomic E-state index is 11.8. The van der Waals surface area contributed by atoms with E-state index in [1.807, 2.05) is 30.3 Å². The van der Waals surface area contributed by atoms with Crippen molar-refractivity contribution in [1.29, 1.82) is 0 Å². The van der Waals surface area contributed by atoms with Crippen LogP contribution in [0.1, 0.15) is 24.2 Å². The predicted octanol–water partition coefficient (Wildman–Crippen LogP) is 2.29. The van der Waals surface area contributed by atoms with Crippen molar-refractivity contribution in [1.82, 2.24) is 0 Å². The van der Waals surface area contributed by atoms with E-state index in [2.05, 4.69) is 13.8 Å². The van der Waals surface area contributed by atoms with Gasteiger partial charge in [0.15, 0.2) is 5.78 Å². The molecule has 0 spiro atoms. The summed E-state index contributed by atoms with van der Waals surface area (Å²) in [5.74, 6) is 0.539. The Labute approximate surface area is 83.9 Å². The lowest BCUT2D eigenvalue weighted by Crippen LogP contribution is -2.13. The summed E-state index contributed by atoms with van der Waals surface area (Å²) in [4.78, 5) is 11.8. The van der Waals surface area contributed by atoms with Gasteiger partial charge >= 0.3 is 0 Å². The molecule has 1 fully saturated rings. The van der Waals surface area contributed by atoms with Gasteiger partial charge in [-0.25, -0.2) is 0 Å². The van der Waals surface area contributed by atoms with E-state index in [-0.39, 0.29) is 18.0 Å². The number of carbonyl (C=O) groups is 1. The first-order valence-electron chi connectivity index (χ1n) is 4.95. The standard InChI is InChI=1S/C12H14O2/c1-8(2)11-12(14-11)10(13)9-6-4-3-5-7-9/h3-8,11-12H,1-2H3/t11-,12-/m0/s1. The van der Waals surface area contributed by atoms with Gasteiger partial charge in [0.05, 0.1) is 6.10 Å². The SMILES string of the molecule is CC(C)[C@@H]1O[C@H]1C(=O)c1ccccc1. The van der Waals surface area contributed by atoms with E-state index in [1.54, 1.807) is 0 Å². The molecule has 2 heteroatoms. The number of benzene rings is 1. The summed E-state index contributed by atoms with van der Waals surface area (Å²) in [7, 11) is 0. The molecule has 0 N–H and O–H groups in total. The van der Waals surface area contributed by atoms with Crippen LogP contribution in [-0.4, -0.2) is 18.0 Å². The minimum absolute atomic E-state index is 0.115. The Morgan fingerprint density at radius 3 is 2.43 bits per heavy atom. The van der Waals surface area contributed by atoms with Crippen molar-refractivity contribution in [3.8, 4) is 0 Å². The number of carbonyl (C=O) groups excluding carboxylic acids is 1. The van der Waals surface area contributed by atoms with E-state index in [9.17, 15) is 4.79 Å². The first-order valence-corrected chi connectivity index (χ1v) is 4.95. The maximum Gasteiger partial charge on any atom is 0.194 e. The molecule has 1 heterocycles. The molecule has 2 nitrogen and oxygen atoms in total. The largest absolute Gasteiger partial charge is 0.361 e. The summed E-state index contributed by atoms with van der Waals surface area (Å²) in [5, 5.41) is 0. The highest BCUT2D eigenvalue weighted by Gasteiger charge is 2.46. The van der Waals surface area contributed by atoms with Gasteiger partial charge in [0.25, 0.3) is 0 Å². The van der Waals surface area contributed by atoms with Crippen molar-refractivity contribution < 1.29 is 9.53 Å². The van der Waals surface area contributed by atoms with Crippen molar-refractivity contribution in [2.75, 3.05) is 0 Å². The Morgan fingerprint density at radius 2 is 1.93 bits per heavy atom. The number of rotatable bonds is 3. The van der Waals surface area contributed by atoms with Crippen molar-refractivity contribution in [2.24, 2.45) is 5.92 Å². The fraction of sp³-hybridized carbons (Fsp3) is 0.417. The summed E-state index contributed by atoms with van der Waals surface area (Å²) in [6.07, 6.45) is -0.0693. The van der Waals surface area contributed by atoms with Gasteiger partial charge in [0, 0.05) is 5.56 Å². The number of epoxide rings is 1. The minimum Gasteiger partial charge on any atom is -0.361 e. The Bertz CT molecular complexity index is 329. The van der Waals surface area contributed by atoms with Gasteiger partial charge in [-0.2, -0.15) is 0 Å². The second-order valence-corrected chi connectivity index (χ2v) is 4.00. The molecule has 0 amide bonds. The zero-order valence-electron chi connectivity index (χ0n) is 8.44. The van der Waals surface area contributed by atoms with Crippen LogP contribution in [0, 0.1) is 5.92 Å². The van der Waals surface area contributed by atoms with Crippen LogP contribution in [-0.2, 0) is 4.74 Å². The molecule has 0 aromatic heterocycles. The molecule has 1 saturated heterocycles. The van der Waals surface area contributed by atoms with Gasteiger partial charge in [0.2, 0.25) is 0 Å². The molecule has 2 atom stereocenters. The molecule has 0 aliphatic carbocycles. The summed E-state index contributed by atoms with van der Waals surface area (Å²) >= 11 is 0. The van der Waals surface area contributed by atoms with E-state index in [1.165, 1.54) is 0 Å². The van der Waals surface area contributed by atoms with Crippen LogP contribution in [0.25, 0.3) is 0 Å². The molecule has 1 aliphatic heterocycles. The Kier molecular flexibility index (Phi) is 2.38. The lowest BCUT2D eigenvalue weighted by molar-refractivity contribution is 0.0953. The van der Waals surface area contributed by atoms with Crippen LogP contribution in [0.15, 0.2) is 30.3 Å². The Balaban J connectivity index is 2.05. The summed E-state index contributed by atoms with van der Waals surface area (Å²) in [6.45, 7) is 4.14. The smallest absolute Gasteiger partial charge is 0.194 e. The molecule has 1 aliphatic rings. The molecule has 1 aromatic carbocycles. The lowest BCUT2D eigenvalue weighted by Gasteiger charge is -1.98. The van der Waals surface area contributed by atoms with Gasteiger partial charge in [-0.1, -0.05) is 44.2 Å². The van der Waals surface area contributed by atoms with E-state index < -0.39 is 0 Å². The Morgan fingerprint density at radius 1 is 1.29 bits per heavy atom. The van der Waals surface area contributed by atoms with E-state index >= 15 is 0 Å². The topological polar surface area (TPSA) is 29.6 Å². The van der Waals surface area contributed by atoms with Gasteiger partial charge in [-0.05, 0) is 5.92 Å². The molecular weight excluding hydrogens is 176 g/mol. The molecule has 2 rings (SSSR count). The third-order valence-electron chi connectivity index (χ3n) is 2.50. The molecule has 74 valence electrons. The number of hydrogen-bond acceptors (Lipinski definition) is 2. The van der Waals surface area contributed by atoms with Crippen LogP contribution in [0.3, 0.4) is 0 Å². The maximum absolute atomic E-state index is 11.8. The van der Waals surface area contributed by atoms with E-state index in [0.29, 0.717) is 5.92 Å². The third kappa shape index (κ3) is 1.70. The van der Waals surface area contributed by atoms with Crippen molar-refractivity contribution in [2.45, 2.75) is 26.1 Å². The average molecular weight is 190 g/mol. The Hall–Kier alpha value is -1.15. The average Bonchev–Trinajstić information content (AvgIpc) is 2.97. The highest BCUT2D eigenvalue weighted by molar-refractivity contribution is 6.01. The van der Waals surface area contributed by atoms with Gasteiger partial charge in [-0.3, -0.25) is 4.79 Å². The third-order valence-corrected chi connectivity index (χ3v) is 2.50. The molecule has 0 radical (unpaired) electrons. The van der Waals surface area contributed by atoms with E-state index in [0.717, 1.165) is 5.56 Å². The number of ether oxygens (including phenoxy) is 1. The number of hydrogen-bond donors (Lipinski definition) is 0. The fourth-order valence-electron chi connectivity index (χ4n) is 1.61. The van der Waals surface area contributed by atoms with E-state index in [4.69, 9.17) is 4.74 Å². The van der Waals surface area contributed by atoms with Gasteiger partial charge in [0.1, 0.15) is 6.10 Å². The second kappa shape index (κ2) is 3.54. The molecule has 0 saturated carbocycles. The highest BCUT2D eigenvalue weighted by Crippen LogP contribution is 2.31. The summed E-state index contributed by atoms with van der Waals surface area (Å²) in [6, 6.07) is 9.33. The molecule has 0 unspecified atom stereocenters. The van der Waals surface area contributed by atoms with Crippen LogP contribution in [0.4, 0.5) is 0 Å². The van der Waals surface area contributed by atoms with Gasteiger partial charge in [-0.15, -0.1) is 0 Å². The van der Waals surface area contributed by atoms with Gasteiger partial charge < -0.3 is 4.74 Å². The van der Waals surface area contributed by atoms with Crippen LogP contribution < -0.4 is 0 Å². The molecular formula is C12H14O2. The summed E-state index contributed by atoms with van der Waals surface area (Å²) < 4.78 is 5.35. The first-order chi connectivity index (χ1) is 6.70. The highest BCUT2D eigenvalue weighted by atomic mass is 16.6. The predicted molar refractivity (Wildman–Crippen MR) is 54.3 cm³/mol. The lowest BCUT2D eigenvalue weighted by atomic mass is 10.0. The summed E-state index contributed by atoms with van der Waals surface area (Å²) in [5.41, 5.74) is 0.751. The van der Waals surface area contributed by atoms with Crippen LogP contribution in [0.2, 0.25) is 0 Å². The van der Waals surface area contributed by atoms with Crippen LogP contribution in [0.5, 0.6) is 0 Å². The zero-order valence-corrected chi connectivity index (χ0v) is 8.44. The van der Waals surface area contributed by atoms with Crippen LogP contribution >= 0.6 is 0 Å².